The number of fused-ring (bicyclic) bond motifs is 3. The topological polar surface area (TPSA) is 74.9 Å². The van der Waals surface area contributed by atoms with Crippen molar-refractivity contribution in [1.82, 2.24) is 9.66 Å². The van der Waals surface area contributed by atoms with Gasteiger partial charge in [-0.15, -0.1) is 11.3 Å². The van der Waals surface area contributed by atoms with E-state index < -0.39 is 0 Å². The Balaban J connectivity index is 1.77. The lowest BCUT2D eigenvalue weighted by atomic mass is 9.97. The average Bonchev–Trinajstić information content (AvgIpc) is 3.12. The van der Waals surface area contributed by atoms with Crippen molar-refractivity contribution in [2.24, 2.45) is 5.10 Å². The van der Waals surface area contributed by atoms with Gasteiger partial charge in [-0.3, -0.25) is 4.79 Å². The molecule has 2 aromatic heterocycles. The highest BCUT2D eigenvalue weighted by Crippen LogP contribution is 2.34. The first-order chi connectivity index (χ1) is 13.7. The van der Waals surface area contributed by atoms with Crippen LogP contribution in [0, 0.1) is 0 Å². The molecule has 1 aliphatic rings. The summed E-state index contributed by atoms with van der Waals surface area (Å²) in [5.74, 6) is 1.68. The summed E-state index contributed by atoms with van der Waals surface area (Å²) in [6.07, 6.45) is 7.28. The van der Waals surface area contributed by atoms with E-state index in [-0.39, 0.29) is 5.56 Å². The van der Waals surface area contributed by atoms with Gasteiger partial charge in [-0.2, -0.15) is 9.78 Å². The molecule has 0 saturated carbocycles. The third-order valence-corrected chi connectivity index (χ3v) is 6.12. The number of aromatic nitrogens is 2. The third kappa shape index (κ3) is 3.13. The Morgan fingerprint density at radius 2 is 1.79 bits per heavy atom. The van der Waals surface area contributed by atoms with Gasteiger partial charge >= 0.3 is 0 Å². The second-order valence-corrected chi connectivity index (χ2v) is 7.56. The lowest BCUT2D eigenvalue weighted by Gasteiger charge is -2.11. The Morgan fingerprint density at radius 1 is 1.07 bits per heavy atom. The molecule has 0 unspecified atom stereocenters. The van der Waals surface area contributed by atoms with Gasteiger partial charge < -0.3 is 14.2 Å². The van der Waals surface area contributed by atoms with Crippen molar-refractivity contribution in [3.63, 3.8) is 0 Å². The molecule has 0 amide bonds. The van der Waals surface area contributed by atoms with E-state index in [0.29, 0.717) is 28.2 Å². The lowest BCUT2D eigenvalue weighted by Crippen LogP contribution is -2.18. The zero-order chi connectivity index (χ0) is 19.7. The molecular weight excluding hydrogens is 378 g/mol. The molecule has 7 nitrogen and oxygen atoms in total. The van der Waals surface area contributed by atoms with Crippen LogP contribution in [0.5, 0.6) is 17.2 Å². The van der Waals surface area contributed by atoms with E-state index in [1.165, 1.54) is 22.3 Å². The number of aryl methyl sites for hydroxylation is 2. The minimum atomic E-state index is -0.139. The molecule has 0 fully saturated rings. The summed E-state index contributed by atoms with van der Waals surface area (Å²) in [7, 11) is 4.69. The molecule has 0 saturated heterocycles. The van der Waals surface area contributed by atoms with E-state index in [2.05, 4.69) is 10.1 Å². The molecule has 0 N–H and O–H groups in total. The number of ether oxygens (including phenoxy) is 3. The molecule has 0 radical (unpaired) electrons. The number of thiophene rings is 1. The van der Waals surface area contributed by atoms with E-state index in [0.717, 1.165) is 29.7 Å². The van der Waals surface area contributed by atoms with E-state index in [1.54, 1.807) is 51.0 Å². The van der Waals surface area contributed by atoms with Gasteiger partial charge in [0, 0.05) is 16.5 Å². The highest BCUT2D eigenvalue weighted by atomic mass is 32.1. The third-order valence-electron chi connectivity index (χ3n) is 4.92. The van der Waals surface area contributed by atoms with Gasteiger partial charge in [0.05, 0.1) is 32.9 Å². The molecule has 0 spiro atoms. The number of hydrogen-bond acceptors (Lipinski definition) is 7. The summed E-state index contributed by atoms with van der Waals surface area (Å²) in [5.41, 5.74) is 1.68. The van der Waals surface area contributed by atoms with Crippen LogP contribution >= 0.6 is 11.3 Å². The normalized spacial score (nSPS) is 13.7. The maximum atomic E-state index is 13.0. The minimum Gasteiger partial charge on any atom is -0.496 e. The molecule has 0 bridgehead atoms. The summed E-state index contributed by atoms with van der Waals surface area (Å²) in [4.78, 5) is 19.5. The molecule has 146 valence electrons. The van der Waals surface area contributed by atoms with Crippen molar-refractivity contribution in [3.8, 4) is 17.2 Å². The fourth-order valence-corrected chi connectivity index (χ4v) is 4.72. The van der Waals surface area contributed by atoms with Crippen LogP contribution in [-0.4, -0.2) is 37.2 Å². The Bertz CT molecular complexity index is 1120. The number of rotatable bonds is 5. The zero-order valence-corrected chi connectivity index (χ0v) is 16.8. The predicted molar refractivity (Wildman–Crippen MR) is 110 cm³/mol. The van der Waals surface area contributed by atoms with Gasteiger partial charge in [-0.25, -0.2) is 4.98 Å². The van der Waals surface area contributed by atoms with E-state index in [4.69, 9.17) is 14.2 Å². The largest absolute Gasteiger partial charge is 0.496 e. The van der Waals surface area contributed by atoms with Gasteiger partial charge in [-0.1, -0.05) is 0 Å². The van der Waals surface area contributed by atoms with Crippen molar-refractivity contribution in [2.75, 3.05) is 21.3 Å². The Kier molecular flexibility index (Phi) is 5.04. The first-order valence-corrected chi connectivity index (χ1v) is 9.84. The summed E-state index contributed by atoms with van der Waals surface area (Å²) >= 11 is 1.63. The summed E-state index contributed by atoms with van der Waals surface area (Å²) < 4.78 is 17.3. The van der Waals surface area contributed by atoms with Crippen molar-refractivity contribution in [2.45, 2.75) is 25.7 Å². The van der Waals surface area contributed by atoms with Crippen molar-refractivity contribution in [1.29, 1.82) is 0 Å². The number of benzene rings is 1. The van der Waals surface area contributed by atoms with Crippen molar-refractivity contribution in [3.05, 3.63) is 44.8 Å². The van der Waals surface area contributed by atoms with E-state index in [9.17, 15) is 4.79 Å². The molecule has 2 heterocycles. The van der Waals surface area contributed by atoms with E-state index in [1.807, 2.05) is 0 Å². The highest BCUT2D eigenvalue weighted by Gasteiger charge is 2.20. The standard InChI is InChI=1S/C20H21N3O4S/c1-25-14-9-16(27-3)15(26-2)8-12(14)10-22-23-11-21-19-18(20(23)24)13-6-4-5-7-17(13)28-19/h8-11H,4-7H2,1-3H3/b22-10+. The molecule has 0 atom stereocenters. The summed E-state index contributed by atoms with van der Waals surface area (Å²) in [6.45, 7) is 0. The van der Waals surface area contributed by atoms with Crippen molar-refractivity contribution < 1.29 is 14.2 Å². The number of nitrogens with zero attached hydrogens (tertiary/aromatic N) is 3. The van der Waals surface area contributed by atoms with Crippen molar-refractivity contribution >= 4 is 27.8 Å². The SMILES string of the molecule is COc1cc(OC)c(OC)cc1/C=N/n1cnc2sc3c(c2c1=O)CCCC3. The Hall–Kier alpha value is -2.87. The van der Waals surface area contributed by atoms with Crippen LogP contribution in [0.2, 0.25) is 0 Å². The van der Waals surface area contributed by atoms with Crippen LogP contribution in [0.1, 0.15) is 28.8 Å². The quantitative estimate of drug-likeness (QED) is 0.616. The minimum absolute atomic E-state index is 0.139. The van der Waals surface area contributed by atoms with Gasteiger partial charge in [-0.05, 0) is 37.3 Å². The number of hydrogen-bond donors (Lipinski definition) is 0. The monoisotopic (exact) mass is 399 g/mol. The molecule has 8 heteroatoms. The molecule has 4 rings (SSSR count). The van der Waals surface area contributed by atoms with Gasteiger partial charge in [0.15, 0.2) is 11.5 Å². The molecule has 28 heavy (non-hydrogen) atoms. The molecule has 0 aliphatic heterocycles. The van der Waals surface area contributed by atoms with Crippen LogP contribution in [0.3, 0.4) is 0 Å². The zero-order valence-electron chi connectivity index (χ0n) is 16.0. The first kappa shape index (κ1) is 18.5. The van der Waals surface area contributed by atoms with E-state index >= 15 is 0 Å². The Labute approximate surface area is 166 Å². The second kappa shape index (κ2) is 7.63. The number of methoxy groups -OCH3 is 3. The fraction of sp³-hybridized carbons (Fsp3) is 0.350. The lowest BCUT2D eigenvalue weighted by molar-refractivity contribution is 0.349. The second-order valence-electron chi connectivity index (χ2n) is 6.48. The first-order valence-electron chi connectivity index (χ1n) is 9.02. The maximum Gasteiger partial charge on any atom is 0.282 e. The van der Waals surface area contributed by atoms with Gasteiger partial charge in [0.25, 0.3) is 5.56 Å². The average molecular weight is 399 g/mol. The van der Waals surface area contributed by atoms with Crippen LogP contribution in [0.15, 0.2) is 28.4 Å². The summed E-state index contributed by atoms with van der Waals surface area (Å²) in [6, 6.07) is 3.48. The fourth-order valence-electron chi connectivity index (χ4n) is 3.50. The smallest absolute Gasteiger partial charge is 0.282 e. The molecule has 3 aromatic rings. The Morgan fingerprint density at radius 3 is 2.54 bits per heavy atom. The summed E-state index contributed by atoms with van der Waals surface area (Å²) in [5, 5.41) is 5.05. The van der Waals surface area contributed by atoms with Gasteiger partial charge in [0.2, 0.25) is 0 Å². The molecule has 1 aliphatic carbocycles. The van der Waals surface area contributed by atoms with Crippen LogP contribution in [-0.2, 0) is 12.8 Å². The van der Waals surface area contributed by atoms with Crippen LogP contribution in [0.25, 0.3) is 10.2 Å². The van der Waals surface area contributed by atoms with Crippen LogP contribution in [0.4, 0.5) is 0 Å². The van der Waals surface area contributed by atoms with Gasteiger partial charge in [0.1, 0.15) is 16.9 Å². The van der Waals surface area contributed by atoms with Crippen LogP contribution < -0.4 is 19.8 Å². The molecular formula is C20H21N3O4S. The highest BCUT2D eigenvalue weighted by molar-refractivity contribution is 7.18. The maximum absolute atomic E-state index is 13.0. The predicted octanol–water partition coefficient (Wildman–Crippen LogP) is 3.24. The molecule has 1 aromatic carbocycles.